The van der Waals surface area contributed by atoms with Crippen molar-refractivity contribution < 1.29 is 13.6 Å². The average Bonchev–Trinajstić information content (AvgIpc) is 2.64. The number of carbonyl (C=O) groups excluding carboxylic acids is 1. The first-order valence-electron chi connectivity index (χ1n) is 8.71. The van der Waals surface area contributed by atoms with Crippen LogP contribution in [0.2, 0.25) is 0 Å². The van der Waals surface area contributed by atoms with Gasteiger partial charge in [-0.1, -0.05) is 23.9 Å². The van der Waals surface area contributed by atoms with Crippen molar-refractivity contribution >= 4 is 34.3 Å². The molecule has 0 bridgehead atoms. The van der Waals surface area contributed by atoms with Gasteiger partial charge in [0.2, 0.25) is 5.91 Å². The van der Waals surface area contributed by atoms with Crippen LogP contribution in [0.3, 0.4) is 0 Å². The molecule has 146 valence electrons. The molecule has 0 aliphatic heterocycles. The minimum atomic E-state index is -1.04. The van der Waals surface area contributed by atoms with Gasteiger partial charge in [-0.15, -0.1) is 0 Å². The molecule has 8 heteroatoms. The quantitative estimate of drug-likeness (QED) is 0.507. The molecule has 2 aromatic carbocycles. The molecule has 0 aliphatic carbocycles. The summed E-state index contributed by atoms with van der Waals surface area (Å²) in [6.45, 7) is 5.40. The van der Waals surface area contributed by atoms with E-state index in [2.05, 4.69) is 10.3 Å². The lowest BCUT2D eigenvalue weighted by Crippen LogP contribution is -2.28. The smallest absolute Gasteiger partial charge is 0.262 e. The van der Waals surface area contributed by atoms with Crippen molar-refractivity contribution in [3.8, 4) is 0 Å². The number of para-hydroxylation sites is 1. The van der Waals surface area contributed by atoms with Crippen molar-refractivity contribution in [2.24, 2.45) is 0 Å². The van der Waals surface area contributed by atoms with Crippen molar-refractivity contribution in [1.29, 1.82) is 0 Å². The summed E-state index contributed by atoms with van der Waals surface area (Å²) < 4.78 is 27.9. The largest absolute Gasteiger partial charge is 0.325 e. The van der Waals surface area contributed by atoms with Gasteiger partial charge in [-0.05, 0) is 45.0 Å². The first kappa shape index (κ1) is 20.0. The summed E-state index contributed by atoms with van der Waals surface area (Å²) >= 11 is 1.13. The zero-order chi connectivity index (χ0) is 20.4. The fourth-order valence-electron chi connectivity index (χ4n) is 2.69. The van der Waals surface area contributed by atoms with Crippen molar-refractivity contribution in [2.45, 2.75) is 37.2 Å². The highest BCUT2D eigenvalue weighted by atomic mass is 32.2. The highest BCUT2D eigenvalue weighted by Gasteiger charge is 2.21. The second-order valence-electron chi connectivity index (χ2n) is 6.56. The maximum atomic E-state index is 13.3. The Balaban J connectivity index is 1.88. The van der Waals surface area contributed by atoms with Crippen LogP contribution in [0.5, 0.6) is 0 Å². The number of thioether (sulfide) groups is 1. The van der Waals surface area contributed by atoms with Crippen LogP contribution >= 0.6 is 11.8 Å². The van der Waals surface area contributed by atoms with E-state index in [4.69, 9.17) is 0 Å². The predicted molar refractivity (Wildman–Crippen MR) is 107 cm³/mol. The number of hydrogen-bond donors (Lipinski definition) is 1. The van der Waals surface area contributed by atoms with Crippen LogP contribution in [0.1, 0.15) is 26.8 Å². The molecule has 1 N–H and O–H groups in total. The zero-order valence-electron chi connectivity index (χ0n) is 15.6. The van der Waals surface area contributed by atoms with Gasteiger partial charge in [0.15, 0.2) is 16.8 Å². The van der Waals surface area contributed by atoms with E-state index < -0.39 is 22.8 Å². The van der Waals surface area contributed by atoms with E-state index in [0.717, 1.165) is 23.9 Å². The topological polar surface area (TPSA) is 64.0 Å². The minimum Gasteiger partial charge on any atom is -0.325 e. The number of benzene rings is 2. The number of nitrogens with zero attached hydrogens (tertiary/aromatic N) is 2. The van der Waals surface area contributed by atoms with Gasteiger partial charge in [-0.25, -0.2) is 13.8 Å². The molecule has 3 aromatic rings. The highest BCUT2D eigenvalue weighted by Crippen LogP contribution is 2.26. The van der Waals surface area contributed by atoms with Crippen LogP contribution in [0.4, 0.5) is 14.5 Å². The third-order valence-corrected chi connectivity index (χ3v) is 5.20. The molecule has 1 atom stereocenters. The molecule has 1 amide bonds. The maximum absolute atomic E-state index is 13.3. The Hall–Kier alpha value is -2.74. The van der Waals surface area contributed by atoms with Crippen LogP contribution in [0.15, 0.2) is 52.4 Å². The van der Waals surface area contributed by atoms with Crippen LogP contribution in [0.25, 0.3) is 10.9 Å². The summed E-state index contributed by atoms with van der Waals surface area (Å²) in [4.78, 5) is 29.9. The lowest BCUT2D eigenvalue weighted by Gasteiger charge is -2.18. The Morgan fingerprint density at radius 1 is 1.11 bits per heavy atom. The SMILES string of the molecule is CC(C)n1c(S[C@@H](C)C(=O)Nc2ccc(F)c(F)c2)nc2ccccc2c1=O. The van der Waals surface area contributed by atoms with E-state index >= 15 is 0 Å². The molecule has 1 aromatic heterocycles. The second-order valence-corrected chi connectivity index (χ2v) is 7.87. The standard InChI is InChI=1S/C20H19F2N3O2S/c1-11(2)25-19(27)14-6-4-5-7-17(14)24-20(25)28-12(3)18(26)23-13-8-9-15(21)16(22)10-13/h4-12H,1-3H3,(H,23,26)/t12-/m0/s1. The summed E-state index contributed by atoms with van der Waals surface area (Å²) in [7, 11) is 0. The van der Waals surface area contributed by atoms with Crippen molar-refractivity contribution in [1.82, 2.24) is 9.55 Å². The van der Waals surface area contributed by atoms with E-state index in [9.17, 15) is 18.4 Å². The first-order valence-corrected chi connectivity index (χ1v) is 9.59. The van der Waals surface area contributed by atoms with E-state index in [1.165, 1.54) is 6.07 Å². The second kappa shape index (κ2) is 8.10. The lowest BCUT2D eigenvalue weighted by molar-refractivity contribution is -0.115. The van der Waals surface area contributed by atoms with Crippen LogP contribution < -0.4 is 10.9 Å². The van der Waals surface area contributed by atoms with Crippen LogP contribution in [-0.4, -0.2) is 20.7 Å². The first-order chi connectivity index (χ1) is 13.3. The number of halogens is 2. The molecule has 3 rings (SSSR count). The van der Waals surface area contributed by atoms with Gasteiger partial charge in [0, 0.05) is 17.8 Å². The van der Waals surface area contributed by atoms with E-state index in [1.54, 1.807) is 35.8 Å². The van der Waals surface area contributed by atoms with Crippen molar-refractivity contribution in [3.05, 3.63) is 64.5 Å². The fraction of sp³-hybridized carbons (Fsp3) is 0.250. The third-order valence-electron chi connectivity index (χ3n) is 4.13. The number of hydrogen-bond acceptors (Lipinski definition) is 4. The zero-order valence-corrected chi connectivity index (χ0v) is 16.4. The monoisotopic (exact) mass is 403 g/mol. The van der Waals surface area contributed by atoms with Gasteiger partial charge in [0.1, 0.15) is 0 Å². The lowest BCUT2D eigenvalue weighted by atomic mass is 10.2. The molecular weight excluding hydrogens is 384 g/mol. The van der Waals surface area contributed by atoms with Crippen molar-refractivity contribution in [3.63, 3.8) is 0 Å². The van der Waals surface area contributed by atoms with Gasteiger partial charge >= 0.3 is 0 Å². The number of aromatic nitrogens is 2. The highest BCUT2D eigenvalue weighted by molar-refractivity contribution is 8.00. The van der Waals surface area contributed by atoms with Crippen LogP contribution in [0, 0.1) is 11.6 Å². The summed E-state index contributed by atoms with van der Waals surface area (Å²) in [5, 5.41) is 2.87. The summed E-state index contributed by atoms with van der Waals surface area (Å²) in [5.74, 6) is -2.43. The molecule has 5 nitrogen and oxygen atoms in total. The fourth-order valence-corrected chi connectivity index (χ4v) is 3.73. The summed E-state index contributed by atoms with van der Waals surface area (Å²) in [6.07, 6.45) is 0. The Labute approximate surface area is 164 Å². The van der Waals surface area contributed by atoms with E-state index in [-0.39, 0.29) is 17.3 Å². The van der Waals surface area contributed by atoms with Gasteiger partial charge < -0.3 is 5.32 Å². The van der Waals surface area contributed by atoms with Gasteiger partial charge in [-0.2, -0.15) is 0 Å². The molecule has 0 saturated carbocycles. The van der Waals surface area contributed by atoms with Crippen LogP contribution in [-0.2, 0) is 4.79 Å². The summed E-state index contributed by atoms with van der Waals surface area (Å²) in [6, 6.07) is 10.0. The third kappa shape index (κ3) is 4.06. The molecule has 0 radical (unpaired) electrons. The molecule has 0 aliphatic rings. The van der Waals surface area contributed by atoms with E-state index in [1.807, 2.05) is 13.8 Å². The van der Waals surface area contributed by atoms with Gasteiger partial charge in [0.05, 0.1) is 16.2 Å². The Morgan fingerprint density at radius 2 is 1.82 bits per heavy atom. The number of rotatable bonds is 5. The molecule has 1 heterocycles. The molecular formula is C20H19F2N3O2S. The van der Waals surface area contributed by atoms with Crippen molar-refractivity contribution in [2.75, 3.05) is 5.32 Å². The number of anilines is 1. The van der Waals surface area contributed by atoms with Gasteiger partial charge in [-0.3, -0.25) is 14.2 Å². The average molecular weight is 403 g/mol. The molecule has 0 fully saturated rings. The number of fused-ring (bicyclic) bond motifs is 1. The van der Waals surface area contributed by atoms with Gasteiger partial charge in [0.25, 0.3) is 5.56 Å². The molecule has 0 saturated heterocycles. The molecule has 0 unspecified atom stereocenters. The number of nitrogens with one attached hydrogen (secondary N) is 1. The normalized spacial score (nSPS) is 12.4. The molecule has 0 spiro atoms. The minimum absolute atomic E-state index is 0.145. The van der Waals surface area contributed by atoms with E-state index in [0.29, 0.717) is 16.1 Å². The summed E-state index contributed by atoms with van der Waals surface area (Å²) in [5.41, 5.74) is 0.542. The predicted octanol–water partition coefficient (Wildman–Crippen LogP) is 4.37. The Morgan fingerprint density at radius 3 is 2.50 bits per heavy atom. The Kier molecular flexibility index (Phi) is 5.79. The number of amides is 1. The maximum Gasteiger partial charge on any atom is 0.262 e. The number of carbonyl (C=O) groups is 1. The Bertz CT molecular complexity index is 1100. The molecule has 28 heavy (non-hydrogen) atoms.